The Balaban J connectivity index is 0.00000169. The fraction of sp³-hybridized carbons (Fsp3) is 0.294. The fourth-order valence-corrected chi connectivity index (χ4v) is 3.23. The second kappa shape index (κ2) is 10.1. The molecule has 0 saturated carbocycles. The van der Waals surface area contributed by atoms with Gasteiger partial charge in [-0.25, -0.2) is 4.98 Å². The number of benzene rings is 1. The highest BCUT2D eigenvalue weighted by atomic mass is 35.5. The van der Waals surface area contributed by atoms with Gasteiger partial charge in [0.05, 0.1) is 16.5 Å². The molecule has 2 N–H and O–H groups in total. The molecular weight excluding hydrogens is 418 g/mol. The van der Waals surface area contributed by atoms with Gasteiger partial charge >= 0.3 is 0 Å². The summed E-state index contributed by atoms with van der Waals surface area (Å²) in [7, 11) is 0. The number of carbonyl (C=O) groups is 1. The molecule has 9 heteroatoms. The minimum absolute atomic E-state index is 0. The Morgan fingerprint density at radius 3 is 2.27 bits per heavy atom. The Hall–Kier alpha value is -1.40. The van der Waals surface area contributed by atoms with Gasteiger partial charge in [-0.3, -0.25) is 4.79 Å². The third-order valence-corrected chi connectivity index (χ3v) is 4.54. The zero-order valence-corrected chi connectivity index (χ0v) is 17.0. The average molecular weight is 438 g/mol. The predicted octanol–water partition coefficient (Wildman–Crippen LogP) is 3.71. The molecule has 0 unspecified atom stereocenters. The number of nitrogens with zero attached hydrogens (tertiary/aromatic N) is 3. The number of hydrogen-bond acceptors (Lipinski definition) is 4. The van der Waals surface area contributed by atoms with Crippen LogP contribution in [0.25, 0.3) is 0 Å². The number of nitrogens with two attached hydrogens (primary N) is 1. The first-order chi connectivity index (χ1) is 11.5. The lowest BCUT2D eigenvalue weighted by molar-refractivity contribution is -0.130. The summed E-state index contributed by atoms with van der Waals surface area (Å²) in [5.41, 5.74) is 7.34. The van der Waals surface area contributed by atoms with Crippen LogP contribution >= 0.6 is 48.0 Å². The summed E-state index contributed by atoms with van der Waals surface area (Å²) in [6.07, 6.45) is 1.97. The van der Waals surface area contributed by atoms with Gasteiger partial charge in [-0.05, 0) is 23.8 Å². The summed E-state index contributed by atoms with van der Waals surface area (Å²) >= 11 is 12.1. The number of aromatic nitrogens is 1. The molecule has 1 saturated heterocycles. The SMILES string of the molecule is Cl.Cl.Nc1ccc(CC(=O)N2CCN(c3ncc(Cl)cc3Cl)CC2)cc1. The Morgan fingerprint density at radius 1 is 1.08 bits per heavy atom. The van der Waals surface area contributed by atoms with E-state index in [1.54, 1.807) is 12.3 Å². The molecule has 0 bridgehead atoms. The van der Waals surface area contributed by atoms with Gasteiger partial charge in [0, 0.05) is 38.1 Å². The molecule has 5 nitrogen and oxygen atoms in total. The van der Waals surface area contributed by atoms with E-state index in [1.165, 1.54) is 0 Å². The lowest BCUT2D eigenvalue weighted by Crippen LogP contribution is -2.49. The Kier molecular flexibility index (Phi) is 8.77. The fourth-order valence-electron chi connectivity index (χ4n) is 2.73. The maximum absolute atomic E-state index is 12.4. The maximum Gasteiger partial charge on any atom is 0.227 e. The highest BCUT2D eigenvalue weighted by Crippen LogP contribution is 2.26. The van der Waals surface area contributed by atoms with Crippen molar-refractivity contribution in [2.24, 2.45) is 0 Å². The topological polar surface area (TPSA) is 62.5 Å². The molecule has 142 valence electrons. The van der Waals surface area contributed by atoms with Crippen molar-refractivity contribution >= 4 is 65.4 Å². The van der Waals surface area contributed by atoms with Crippen LogP contribution in [-0.4, -0.2) is 42.0 Å². The third kappa shape index (κ3) is 5.55. The summed E-state index contributed by atoms with van der Waals surface area (Å²) in [4.78, 5) is 20.7. The number of amides is 1. The van der Waals surface area contributed by atoms with Crippen LogP contribution in [0.2, 0.25) is 10.0 Å². The van der Waals surface area contributed by atoms with E-state index in [0.29, 0.717) is 54.2 Å². The summed E-state index contributed by atoms with van der Waals surface area (Å²) in [5.74, 6) is 0.835. The zero-order valence-electron chi connectivity index (χ0n) is 13.9. The molecule has 1 aromatic carbocycles. The molecule has 3 rings (SSSR count). The second-order valence-corrected chi connectivity index (χ2v) is 6.59. The zero-order chi connectivity index (χ0) is 17.1. The van der Waals surface area contributed by atoms with Gasteiger partial charge in [0.2, 0.25) is 5.91 Å². The molecule has 2 aromatic rings. The average Bonchev–Trinajstić information content (AvgIpc) is 2.57. The first kappa shape index (κ1) is 22.6. The first-order valence-electron chi connectivity index (χ1n) is 7.71. The van der Waals surface area contributed by atoms with Crippen molar-refractivity contribution in [2.45, 2.75) is 6.42 Å². The predicted molar refractivity (Wildman–Crippen MR) is 112 cm³/mol. The van der Waals surface area contributed by atoms with Gasteiger partial charge in [0.25, 0.3) is 0 Å². The van der Waals surface area contributed by atoms with E-state index in [9.17, 15) is 4.79 Å². The van der Waals surface area contributed by atoms with Crippen LogP contribution in [0.1, 0.15) is 5.56 Å². The quantitative estimate of drug-likeness (QED) is 0.743. The molecular formula is C17H20Cl4N4O. The summed E-state index contributed by atoms with van der Waals surface area (Å²) in [6, 6.07) is 9.09. The molecule has 0 aliphatic carbocycles. The molecule has 0 radical (unpaired) electrons. The largest absolute Gasteiger partial charge is 0.399 e. The van der Waals surface area contributed by atoms with Crippen LogP contribution in [0, 0.1) is 0 Å². The van der Waals surface area contributed by atoms with E-state index in [1.807, 2.05) is 29.2 Å². The number of pyridine rings is 1. The Morgan fingerprint density at radius 2 is 1.69 bits per heavy atom. The first-order valence-corrected chi connectivity index (χ1v) is 8.47. The van der Waals surface area contributed by atoms with Gasteiger partial charge in [0.15, 0.2) is 0 Å². The van der Waals surface area contributed by atoms with Crippen molar-refractivity contribution in [1.82, 2.24) is 9.88 Å². The summed E-state index contributed by atoms with van der Waals surface area (Å²) in [5, 5.41) is 1.05. The van der Waals surface area contributed by atoms with Crippen molar-refractivity contribution in [3.63, 3.8) is 0 Å². The van der Waals surface area contributed by atoms with Gasteiger partial charge in [-0.1, -0.05) is 35.3 Å². The highest BCUT2D eigenvalue weighted by molar-refractivity contribution is 6.36. The smallest absolute Gasteiger partial charge is 0.227 e. The molecule has 1 aliphatic rings. The van der Waals surface area contributed by atoms with E-state index in [0.717, 1.165) is 5.56 Å². The number of nitrogen functional groups attached to an aromatic ring is 1. The number of hydrogen-bond donors (Lipinski definition) is 1. The molecule has 1 aliphatic heterocycles. The van der Waals surface area contributed by atoms with Gasteiger partial charge in [-0.15, -0.1) is 24.8 Å². The van der Waals surface area contributed by atoms with Crippen molar-refractivity contribution in [2.75, 3.05) is 36.8 Å². The van der Waals surface area contributed by atoms with E-state index in [4.69, 9.17) is 28.9 Å². The number of anilines is 2. The highest BCUT2D eigenvalue weighted by Gasteiger charge is 2.23. The molecule has 2 heterocycles. The normalized spacial score (nSPS) is 13.6. The van der Waals surface area contributed by atoms with Gasteiger partial charge in [0.1, 0.15) is 5.82 Å². The number of halogens is 4. The van der Waals surface area contributed by atoms with E-state index >= 15 is 0 Å². The summed E-state index contributed by atoms with van der Waals surface area (Å²) < 4.78 is 0. The molecule has 1 amide bonds. The Labute approximate surface area is 175 Å². The van der Waals surface area contributed by atoms with E-state index in [-0.39, 0.29) is 30.7 Å². The number of piperazine rings is 1. The Bertz CT molecular complexity index is 734. The van der Waals surface area contributed by atoms with Crippen LogP contribution in [0.4, 0.5) is 11.5 Å². The third-order valence-electron chi connectivity index (χ3n) is 4.06. The summed E-state index contributed by atoms with van der Waals surface area (Å²) in [6.45, 7) is 2.69. The van der Waals surface area contributed by atoms with Crippen molar-refractivity contribution in [1.29, 1.82) is 0 Å². The van der Waals surface area contributed by atoms with Crippen LogP contribution in [0.5, 0.6) is 0 Å². The van der Waals surface area contributed by atoms with Crippen LogP contribution in [-0.2, 0) is 11.2 Å². The standard InChI is InChI=1S/C17H18Cl2N4O.2ClH/c18-13-10-15(19)17(21-11-13)23-7-5-22(6-8-23)16(24)9-12-1-3-14(20)4-2-12;;/h1-4,10-11H,5-9,20H2;2*1H. The van der Waals surface area contributed by atoms with Crippen LogP contribution in [0.15, 0.2) is 36.5 Å². The van der Waals surface area contributed by atoms with Crippen LogP contribution < -0.4 is 10.6 Å². The molecule has 0 spiro atoms. The lowest BCUT2D eigenvalue weighted by Gasteiger charge is -2.35. The monoisotopic (exact) mass is 436 g/mol. The molecule has 1 fully saturated rings. The van der Waals surface area contributed by atoms with Crippen LogP contribution in [0.3, 0.4) is 0 Å². The molecule has 26 heavy (non-hydrogen) atoms. The minimum atomic E-state index is 0. The number of carbonyl (C=O) groups excluding carboxylic acids is 1. The second-order valence-electron chi connectivity index (χ2n) is 5.75. The van der Waals surface area contributed by atoms with Gasteiger partial charge < -0.3 is 15.5 Å². The van der Waals surface area contributed by atoms with Gasteiger partial charge in [-0.2, -0.15) is 0 Å². The molecule has 0 atom stereocenters. The lowest BCUT2D eigenvalue weighted by atomic mass is 10.1. The van der Waals surface area contributed by atoms with Crippen molar-refractivity contribution in [3.8, 4) is 0 Å². The molecule has 1 aromatic heterocycles. The van der Waals surface area contributed by atoms with Crippen molar-refractivity contribution < 1.29 is 4.79 Å². The maximum atomic E-state index is 12.4. The minimum Gasteiger partial charge on any atom is -0.399 e. The van der Waals surface area contributed by atoms with E-state index in [2.05, 4.69) is 9.88 Å². The number of rotatable bonds is 3. The van der Waals surface area contributed by atoms with E-state index < -0.39 is 0 Å². The van der Waals surface area contributed by atoms with Crippen molar-refractivity contribution in [3.05, 3.63) is 52.1 Å².